The monoisotopic (exact) mass is 560 g/mol. The minimum Gasteiger partial charge on any atom is -0.453 e. The molecule has 2 unspecified atom stereocenters. The molecule has 9 nitrogen and oxygen atoms in total. The number of halogens is 2. The molecule has 2 amide bonds. The summed E-state index contributed by atoms with van der Waals surface area (Å²) in [6, 6.07) is 9.02. The molecule has 1 aliphatic heterocycles. The number of likely N-dealkylation sites (tertiary alicyclic amines) is 1. The highest BCUT2D eigenvalue weighted by Crippen LogP contribution is 2.52. The number of alkyl halides is 2. The molecule has 1 aliphatic carbocycles. The number of carbonyl (C=O) groups is 2. The lowest BCUT2D eigenvalue weighted by Gasteiger charge is -2.30. The van der Waals surface area contributed by atoms with Crippen molar-refractivity contribution in [3.63, 3.8) is 0 Å². The van der Waals surface area contributed by atoms with Gasteiger partial charge in [0.1, 0.15) is 11.9 Å². The van der Waals surface area contributed by atoms with Crippen LogP contribution in [-0.2, 0) is 15.5 Å². The number of rotatable bonds is 6. The molecule has 4 aromatic rings. The van der Waals surface area contributed by atoms with E-state index in [-0.39, 0.29) is 29.0 Å². The third-order valence-electron chi connectivity index (χ3n) is 7.96. The van der Waals surface area contributed by atoms with Crippen molar-refractivity contribution in [2.45, 2.75) is 44.7 Å². The predicted octanol–water partition coefficient (Wildman–Crippen LogP) is 5.63. The van der Waals surface area contributed by atoms with Gasteiger partial charge in [0.2, 0.25) is 5.91 Å². The van der Waals surface area contributed by atoms with Crippen molar-refractivity contribution in [2.24, 2.45) is 5.92 Å². The van der Waals surface area contributed by atoms with Crippen LogP contribution in [0.15, 0.2) is 55.1 Å². The Morgan fingerprint density at radius 2 is 1.76 bits per heavy atom. The molecule has 2 aromatic heterocycles. The smallest absolute Gasteiger partial charge is 0.407 e. The van der Waals surface area contributed by atoms with E-state index in [1.807, 2.05) is 19.9 Å². The van der Waals surface area contributed by atoms with E-state index < -0.39 is 18.1 Å². The standard InChI is InChI=1S/C30H30F2N6O3/c1-16(2)26(37-29(40)41-3)28(39)38-10-4-5-25(38)27-34-14-24(36-27)18-7-9-20-19-8-6-17(23-13-33-15-35-23)11-21(19)30(31,32)22(20)12-18/h6-9,11-16,25-26H,4-5,10H2,1-3H3,(H,33,35)(H,34,36)(H,37,40). The molecule has 212 valence electrons. The van der Waals surface area contributed by atoms with Gasteiger partial charge in [-0.15, -0.1) is 0 Å². The molecule has 0 radical (unpaired) electrons. The van der Waals surface area contributed by atoms with Gasteiger partial charge in [-0.05, 0) is 42.0 Å². The third-order valence-corrected chi connectivity index (χ3v) is 7.96. The summed E-state index contributed by atoms with van der Waals surface area (Å²) >= 11 is 0. The van der Waals surface area contributed by atoms with E-state index in [1.54, 1.807) is 35.5 Å². The number of alkyl carbamates (subject to hydrolysis) is 1. The number of hydrogen-bond donors (Lipinski definition) is 3. The fraction of sp³-hybridized carbons (Fsp3) is 0.333. The first-order valence-corrected chi connectivity index (χ1v) is 13.5. The molecular weight excluding hydrogens is 530 g/mol. The number of imidazole rings is 2. The lowest BCUT2D eigenvalue weighted by molar-refractivity contribution is -0.135. The quantitative estimate of drug-likeness (QED) is 0.283. The topological polar surface area (TPSA) is 116 Å². The van der Waals surface area contributed by atoms with E-state index in [2.05, 4.69) is 25.3 Å². The summed E-state index contributed by atoms with van der Waals surface area (Å²) < 4.78 is 36.2. The van der Waals surface area contributed by atoms with Crippen LogP contribution in [0, 0.1) is 5.92 Å². The van der Waals surface area contributed by atoms with E-state index in [0.717, 1.165) is 6.42 Å². The Balaban J connectivity index is 1.27. The van der Waals surface area contributed by atoms with Gasteiger partial charge in [0.15, 0.2) is 0 Å². The fourth-order valence-electron chi connectivity index (χ4n) is 5.82. The van der Waals surface area contributed by atoms with Gasteiger partial charge in [0.05, 0.1) is 43.3 Å². The summed E-state index contributed by atoms with van der Waals surface area (Å²) in [5.74, 6) is -2.96. The van der Waals surface area contributed by atoms with Crippen molar-refractivity contribution in [2.75, 3.05) is 13.7 Å². The molecule has 11 heteroatoms. The zero-order chi connectivity index (χ0) is 28.9. The highest BCUT2D eigenvalue weighted by atomic mass is 19.3. The maximum atomic E-state index is 15.8. The van der Waals surface area contributed by atoms with Crippen molar-refractivity contribution >= 4 is 12.0 Å². The largest absolute Gasteiger partial charge is 0.453 e. The summed E-state index contributed by atoms with van der Waals surface area (Å²) in [4.78, 5) is 41.8. The summed E-state index contributed by atoms with van der Waals surface area (Å²) in [5.41, 5.74) is 3.37. The Bertz CT molecular complexity index is 1610. The Hall–Kier alpha value is -4.54. The zero-order valence-corrected chi connectivity index (χ0v) is 22.9. The van der Waals surface area contributed by atoms with Crippen LogP contribution in [-0.4, -0.2) is 56.5 Å². The van der Waals surface area contributed by atoms with E-state index in [9.17, 15) is 9.59 Å². The lowest BCUT2D eigenvalue weighted by atomic mass is 10.0. The summed E-state index contributed by atoms with van der Waals surface area (Å²) in [6.07, 6.45) is 5.54. The molecule has 1 saturated heterocycles. The molecule has 2 aliphatic rings. The number of aromatic amines is 2. The maximum absolute atomic E-state index is 15.8. The van der Waals surface area contributed by atoms with Crippen molar-refractivity contribution in [1.29, 1.82) is 0 Å². The Labute approximate surface area is 235 Å². The van der Waals surface area contributed by atoms with Crippen molar-refractivity contribution in [3.05, 3.63) is 72.1 Å². The van der Waals surface area contributed by atoms with Gasteiger partial charge in [-0.25, -0.2) is 14.8 Å². The number of H-pyrrole nitrogens is 2. The second kappa shape index (κ2) is 10.1. The van der Waals surface area contributed by atoms with E-state index in [0.29, 0.717) is 52.4 Å². The third kappa shape index (κ3) is 4.55. The number of benzene rings is 2. The van der Waals surface area contributed by atoms with Crippen molar-refractivity contribution < 1.29 is 23.1 Å². The van der Waals surface area contributed by atoms with Gasteiger partial charge in [0.25, 0.3) is 5.92 Å². The van der Waals surface area contributed by atoms with Gasteiger partial charge >= 0.3 is 6.09 Å². The van der Waals surface area contributed by atoms with Crippen LogP contribution < -0.4 is 5.32 Å². The zero-order valence-electron chi connectivity index (χ0n) is 22.9. The van der Waals surface area contributed by atoms with Crippen molar-refractivity contribution in [3.8, 4) is 33.6 Å². The van der Waals surface area contributed by atoms with Gasteiger partial charge in [-0.3, -0.25) is 4.79 Å². The Morgan fingerprint density at radius 3 is 2.37 bits per heavy atom. The van der Waals surface area contributed by atoms with Crippen LogP contribution in [0.2, 0.25) is 0 Å². The SMILES string of the molecule is COC(=O)NC(C(=O)N1CCCC1c1ncc(-c2ccc3c(c2)C(F)(F)c2cc(-c4cnc[nH]4)ccc2-3)[nH]1)C(C)C. The molecule has 6 rings (SSSR count). The lowest BCUT2D eigenvalue weighted by Crippen LogP contribution is -2.51. The highest BCUT2D eigenvalue weighted by molar-refractivity contribution is 5.87. The van der Waals surface area contributed by atoms with Gasteiger partial charge in [-0.1, -0.05) is 38.1 Å². The molecule has 3 heterocycles. The molecular formula is C30H30F2N6O3. The average molecular weight is 561 g/mol. The van der Waals surface area contributed by atoms with E-state index >= 15 is 8.78 Å². The average Bonchev–Trinajstić information content (AvgIpc) is 3.78. The number of nitrogens with zero attached hydrogens (tertiary/aromatic N) is 3. The Kier molecular flexibility index (Phi) is 6.59. The maximum Gasteiger partial charge on any atom is 0.407 e. The number of fused-ring (bicyclic) bond motifs is 3. The molecule has 0 saturated carbocycles. The second-order valence-corrected chi connectivity index (χ2v) is 10.8. The van der Waals surface area contributed by atoms with Gasteiger partial charge in [-0.2, -0.15) is 8.78 Å². The molecule has 1 fully saturated rings. The van der Waals surface area contributed by atoms with Gasteiger partial charge in [0, 0.05) is 28.8 Å². The first-order chi connectivity index (χ1) is 19.7. The molecule has 3 N–H and O–H groups in total. The van der Waals surface area contributed by atoms with Crippen LogP contribution >= 0.6 is 0 Å². The van der Waals surface area contributed by atoms with Gasteiger partial charge < -0.3 is 24.9 Å². The van der Waals surface area contributed by atoms with Crippen LogP contribution in [0.1, 0.15) is 49.7 Å². The summed E-state index contributed by atoms with van der Waals surface area (Å²) in [6.45, 7) is 4.23. The summed E-state index contributed by atoms with van der Waals surface area (Å²) in [7, 11) is 1.26. The van der Waals surface area contributed by atoms with Crippen LogP contribution in [0.25, 0.3) is 33.6 Å². The highest BCUT2D eigenvalue weighted by Gasteiger charge is 2.45. The first-order valence-electron chi connectivity index (χ1n) is 13.5. The van der Waals surface area contributed by atoms with E-state index in [4.69, 9.17) is 4.74 Å². The summed E-state index contributed by atoms with van der Waals surface area (Å²) in [5, 5.41) is 2.64. The number of hydrogen-bond acceptors (Lipinski definition) is 5. The number of methoxy groups -OCH3 is 1. The first kappa shape index (κ1) is 26.7. The van der Waals surface area contributed by atoms with E-state index in [1.165, 1.54) is 25.6 Å². The normalized spacial score (nSPS) is 17.8. The van der Waals surface area contributed by atoms with Crippen molar-refractivity contribution in [1.82, 2.24) is 30.2 Å². The molecule has 41 heavy (non-hydrogen) atoms. The molecule has 0 spiro atoms. The molecule has 2 atom stereocenters. The number of amides is 2. The number of aromatic nitrogens is 4. The number of ether oxygens (including phenoxy) is 1. The molecule has 2 aromatic carbocycles. The predicted molar refractivity (Wildman–Crippen MR) is 148 cm³/mol. The minimum atomic E-state index is -3.17. The second-order valence-electron chi connectivity index (χ2n) is 10.8. The fourth-order valence-corrected chi connectivity index (χ4v) is 5.82. The van der Waals surface area contributed by atoms with Crippen LogP contribution in [0.3, 0.4) is 0 Å². The minimum absolute atomic E-state index is 0.0394. The van der Waals surface area contributed by atoms with Crippen LogP contribution in [0.5, 0.6) is 0 Å². The number of nitrogens with one attached hydrogen (secondary N) is 3. The molecule has 0 bridgehead atoms. The van der Waals surface area contributed by atoms with Crippen LogP contribution in [0.4, 0.5) is 13.6 Å². The number of carbonyl (C=O) groups excluding carboxylic acids is 2. The Morgan fingerprint density at radius 1 is 1.07 bits per heavy atom.